The van der Waals surface area contributed by atoms with E-state index in [-0.39, 0.29) is 12.1 Å². The fraction of sp³-hybridized carbons (Fsp3) is 0.643. The number of hydrogen-bond acceptors (Lipinski definition) is 4. The third kappa shape index (κ3) is 7.45. The first-order valence-corrected chi connectivity index (χ1v) is 7.97. The fourth-order valence-electron chi connectivity index (χ4n) is 1.62. The van der Waals surface area contributed by atoms with Gasteiger partial charge in [-0.1, -0.05) is 0 Å². The monoisotopic (exact) mass is 299 g/mol. The number of nitrogens with zero attached hydrogens (tertiary/aromatic N) is 1. The summed E-state index contributed by atoms with van der Waals surface area (Å²) in [5, 5.41) is 5.61. The van der Waals surface area contributed by atoms with Crippen LogP contribution in [0.1, 0.15) is 25.4 Å². The van der Waals surface area contributed by atoms with E-state index >= 15 is 0 Å². The smallest absolute Gasteiger partial charge is 0.315 e. The Hall–Kier alpha value is -1.14. The Morgan fingerprint density at radius 1 is 1.35 bits per heavy atom. The van der Waals surface area contributed by atoms with E-state index in [1.165, 1.54) is 0 Å². The van der Waals surface area contributed by atoms with E-state index in [1.54, 1.807) is 11.8 Å². The van der Waals surface area contributed by atoms with Gasteiger partial charge in [0.1, 0.15) is 11.5 Å². The molecular weight excluding hydrogens is 274 g/mol. The van der Waals surface area contributed by atoms with E-state index < -0.39 is 0 Å². The van der Waals surface area contributed by atoms with Crippen LogP contribution in [0.15, 0.2) is 16.5 Å². The molecule has 20 heavy (non-hydrogen) atoms. The van der Waals surface area contributed by atoms with Crippen molar-refractivity contribution in [2.75, 3.05) is 26.4 Å². The number of thioether (sulfide) groups is 1. The molecule has 0 atom stereocenters. The molecule has 114 valence electrons. The number of carbonyl (C=O) groups excluding carboxylic acids is 1. The van der Waals surface area contributed by atoms with Gasteiger partial charge < -0.3 is 20.0 Å². The van der Waals surface area contributed by atoms with E-state index in [2.05, 4.69) is 15.5 Å². The number of rotatable bonds is 8. The van der Waals surface area contributed by atoms with Crippen LogP contribution in [-0.2, 0) is 12.3 Å². The lowest BCUT2D eigenvalue weighted by atomic mass is 10.4. The van der Waals surface area contributed by atoms with E-state index in [0.29, 0.717) is 6.54 Å². The van der Waals surface area contributed by atoms with Crippen LogP contribution in [-0.4, -0.2) is 43.4 Å². The fourth-order valence-corrected chi connectivity index (χ4v) is 2.37. The predicted octanol–water partition coefficient (Wildman–Crippen LogP) is 2.28. The summed E-state index contributed by atoms with van der Waals surface area (Å²) in [5.41, 5.74) is 0. The standard InChI is InChI=1S/C14H25N3O2S/c1-11(2)16-14(18)15-7-8-20-10-13-6-5-12(19-13)9-17(3)4/h5-6,11H,7-10H2,1-4H3,(H2,15,16,18). The van der Waals surface area contributed by atoms with Crippen molar-refractivity contribution in [2.45, 2.75) is 32.2 Å². The van der Waals surface area contributed by atoms with Crippen molar-refractivity contribution in [1.82, 2.24) is 15.5 Å². The molecule has 1 aromatic heterocycles. The van der Waals surface area contributed by atoms with Gasteiger partial charge in [0.25, 0.3) is 0 Å². The summed E-state index contributed by atoms with van der Waals surface area (Å²) in [4.78, 5) is 13.4. The van der Waals surface area contributed by atoms with Gasteiger partial charge in [0.05, 0.1) is 12.3 Å². The Morgan fingerprint density at radius 3 is 2.70 bits per heavy atom. The maximum atomic E-state index is 11.3. The molecule has 0 radical (unpaired) electrons. The van der Waals surface area contributed by atoms with Crippen molar-refractivity contribution < 1.29 is 9.21 Å². The molecule has 0 aliphatic rings. The Balaban J connectivity index is 2.12. The lowest BCUT2D eigenvalue weighted by molar-refractivity contribution is 0.239. The van der Waals surface area contributed by atoms with Crippen molar-refractivity contribution in [1.29, 1.82) is 0 Å². The first-order valence-electron chi connectivity index (χ1n) is 6.82. The molecule has 0 spiro atoms. The lowest BCUT2D eigenvalue weighted by Crippen LogP contribution is -2.40. The van der Waals surface area contributed by atoms with Gasteiger partial charge in [0, 0.05) is 18.3 Å². The zero-order chi connectivity index (χ0) is 15.0. The highest BCUT2D eigenvalue weighted by Crippen LogP contribution is 2.15. The molecule has 5 nitrogen and oxygen atoms in total. The van der Waals surface area contributed by atoms with Crippen molar-refractivity contribution in [3.8, 4) is 0 Å². The van der Waals surface area contributed by atoms with E-state index in [1.807, 2.05) is 40.1 Å². The summed E-state index contributed by atoms with van der Waals surface area (Å²) in [6.07, 6.45) is 0. The minimum atomic E-state index is -0.105. The second-order valence-electron chi connectivity index (χ2n) is 5.21. The lowest BCUT2D eigenvalue weighted by Gasteiger charge is -2.09. The molecule has 2 amide bonds. The quantitative estimate of drug-likeness (QED) is 0.723. The van der Waals surface area contributed by atoms with Crippen molar-refractivity contribution in [2.24, 2.45) is 0 Å². The van der Waals surface area contributed by atoms with Crippen LogP contribution < -0.4 is 10.6 Å². The van der Waals surface area contributed by atoms with Gasteiger partial charge >= 0.3 is 6.03 Å². The average molecular weight is 299 g/mol. The maximum Gasteiger partial charge on any atom is 0.315 e. The molecule has 1 aromatic rings. The van der Waals surface area contributed by atoms with Crippen LogP contribution in [0.5, 0.6) is 0 Å². The summed E-state index contributed by atoms with van der Waals surface area (Å²) >= 11 is 1.75. The van der Waals surface area contributed by atoms with Gasteiger partial charge in [0.15, 0.2) is 0 Å². The normalized spacial score (nSPS) is 11.1. The zero-order valence-electron chi connectivity index (χ0n) is 12.7. The third-order valence-corrected chi connectivity index (χ3v) is 3.37. The van der Waals surface area contributed by atoms with Gasteiger partial charge in [-0.25, -0.2) is 4.79 Å². The number of urea groups is 1. The van der Waals surface area contributed by atoms with Gasteiger partial charge in [-0.2, -0.15) is 11.8 Å². The molecule has 0 saturated heterocycles. The molecule has 0 fully saturated rings. The highest BCUT2D eigenvalue weighted by molar-refractivity contribution is 7.98. The van der Waals surface area contributed by atoms with Gasteiger partial charge in [0.2, 0.25) is 0 Å². The second kappa shape index (κ2) is 8.92. The number of amides is 2. The van der Waals surface area contributed by atoms with Gasteiger partial charge in [-0.15, -0.1) is 0 Å². The van der Waals surface area contributed by atoms with Crippen molar-refractivity contribution >= 4 is 17.8 Å². The first kappa shape index (κ1) is 16.9. The van der Waals surface area contributed by atoms with Crippen LogP contribution in [0, 0.1) is 0 Å². The van der Waals surface area contributed by atoms with Gasteiger partial charge in [-0.05, 0) is 40.1 Å². The van der Waals surface area contributed by atoms with Crippen LogP contribution in [0.3, 0.4) is 0 Å². The van der Waals surface area contributed by atoms with E-state index in [9.17, 15) is 4.79 Å². The van der Waals surface area contributed by atoms with E-state index in [4.69, 9.17) is 4.42 Å². The van der Waals surface area contributed by atoms with Crippen LogP contribution >= 0.6 is 11.8 Å². The SMILES string of the molecule is CC(C)NC(=O)NCCSCc1ccc(CN(C)C)o1. The number of carbonyl (C=O) groups is 1. The molecule has 6 heteroatoms. The number of nitrogens with one attached hydrogen (secondary N) is 2. The minimum absolute atomic E-state index is 0.105. The second-order valence-corrected chi connectivity index (χ2v) is 6.32. The van der Waals surface area contributed by atoms with Crippen LogP contribution in [0.2, 0.25) is 0 Å². The molecule has 1 heterocycles. The minimum Gasteiger partial charge on any atom is -0.464 e. The third-order valence-electron chi connectivity index (χ3n) is 2.39. The Morgan fingerprint density at radius 2 is 2.05 bits per heavy atom. The Bertz CT molecular complexity index is 405. The summed E-state index contributed by atoms with van der Waals surface area (Å²) < 4.78 is 5.71. The molecule has 0 aliphatic carbocycles. The Labute approximate surface area is 125 Å². The zero-order valence-corrected chi connectivity index (χ0v) is 13.5. The number of furan rings is 1. The summed E-state index contributed by atoms with van der Waals surface area (Å²) in [5.74, 6) is 3.68. The van der Waals surface area contributed by atoms with Crippen LogP contribution in [0.25, 0.3) is 0 Å². The first-order chi connectivity index (χ1) is 9.47. The summed E-state index contributed by atoms with van der Waals surface area (Å²) in [7, 11) is 4.04. The summed E-state index contributed by atoms with van der Waals surface area (Å²) in [6.45, 7) is 5.36. The molecule has 0 bridgehead atoms. The van der Waals surface area contributed by atoms with Crippen LogP contribution in [0.4, 0.5) is 4.79 Å². The molecule has 0 unspecified atom stereocenters. The maximum absolute atomic E-state index is 11.3. The van der Waals surface area contributed by atoms with E-state index in [0.717, 1.165) is 29.6 Å². The predicted molar refractivity (Wildman–Crippen MR) is 83.9 cm³/mol. The Kier molecular flexibility index (Phi) is 7.54. The van der Waals surface area contributed by atoms with Crippen molar-refractivity contribution in [3.63, 3.8) is 0 Å². The highest BCUT2D eigenvalue weighted by atomic mass is 32.2. The van der Waals surface area contributed by atoms with Crippen molar-refractivity contribution in [3.05, 3.63) is 23.7 Å². The molecular formula is C14H25N3O2S. The molecule has 0 aromatic carbocycles. The number of hydrogen-bond donors (Lipinski definition) is 2. The topological polar surface area (TPSA) is 57.5 Å². The molecule has 1 rings (SSSR count). The van der Waals surface area contributed by atoms with Gasteiger partial charge in [-0.3, -0.25) is 0 Å². The molecule has 0 aliphatic heterocycles. The highest BCUT2D eigenvalue weighted by Gasteiger charge is 2.04. The largest absolute Gasteiger partial charge is 0.464 e. The molecule has 0 saturated carbocycles. The summed E-state index contributed by atoms with van der Waals surface area (Å²) in [6, 6.07) is 4.10. The molecule has 2 N–H and O–H groups in total. The average Bonchev–Trinajstić information content (AvgIpc) is 2.74.